The Hall–Kier alpha value is -2.05. The van der Waals surface area contributed by atoms with E-state index in [1.807, 2.05) is 0 Å². The molecular formula is C12H12F3NO3. The molecule has 1 amide bonds. The van der Waals surface area contributed by atoms with E-state index in [1.165, 1.54) is 17.4 Å². The maximum Gasteiger partial charge on any atom is 0.471 e. The molecule has 0 aromatic heterocycles. The van der Waals surface area contributed by atoms with Crippen molar-refractivity contribution in [3.63, 3.8) is 0 Å². The number of amides is 1. The average Bonchev–Trinajstić information content (AvgIpc) is 2.28. The fourth-order valence-corrected chi connectivity index (χ4v) is 1.57. The molecule has 7 heteroatoms. The van der Waals surface area contributed by atoms with Crippen LogP contribution in [-0.2, 0) is 9.59 Å². The number of benzene rings is 1. The molecule has 104 valence electrons. The van der Waals surface area contributed by atoms with E-state index in [0.29, 0.717) is 5.56 Å². The van der Waals surface area contributed by atoms with Crippen LogP contribution in [0.5, 0.6) is 0 Å². The maximum absolute atomic E-state index is 12.2. The lowest BCUT2D eigenvalue weighted by molar-refractivity contribution is -0.175. The minimum Gasteiger partial charge on any atom is -0.479 e. The Labute approximate surface area is 107 Å². The van der Waals surface area contributed by atoms with Gasteiger partial charge in [0.2, 0.25) is 0 Å². The first-order valence-corrected chi connectivity index (χ1v) is 5.31. The number of aryl methyl sites for hydroxylation is 1. The van der Waals surface area contributed by atoms with Crippen molar-refractivity contribution in [2.75, 3.05) is 0 Å². The Morgan fingerprint density at radius 2 is 1.84 bits per heavy atom. The molecule has 0 fully saturated rings. The number of aliphatic carboxylic acids is 1. The van der Waals surface area contributed by atoms with Crippen LogP contribution >= 0.6 is 0 Å². The van der Waals surface area contributed by atoms with Crippen molar-refractivity contribution in [2.45, 2.75) is 26.1 Å². The fourth-order valence-electron chi connectivity index (χ4n) is 1.57. The summed E-state index contributed by atoms with van der Waals surface area (Å²) in [5.41, 5.74) is 1.38. The highest BCUT2D eigenvalue weighted by Crippen LogP contribution is 2.23. The smallest absolute Gasteiger partial charge is 0.471 e. The Kier molecular flexibility index (Phi) is 4.18. The predicted molar refractivity (Wildman–Crippen MR) is 60.5 cm³/mol. The van der Waals surface area contributed by atoms with Gasteiger partial charge in [0.05, 0.1) is 0 Å². The first kappa shape index (κ1) is 15.0. The Balaban J connectivity index is 3.12. The van der Waals surface area contributed by atoms with Crippen LogP contribution in [0.2, 0.25) is 0 Å². The summed E-state index contributed by atoms with van der Waals surface area (Å²) in [7, 11) is 0. The second kappa shape index (κ2) is 5.29. The van der Waals surface area contributed by atoms with Gasteiger partial charge in [-0.1, -0.05) is 18.2 Å². The highest BCUT2D eigenvalue weighted by atomic mass is 19.4. The summed E-state index contributed by atoms with van der Waals surface area (Å²) >= 11 is 0. The zero-order valence-electron chi connectivity index (χ0n) is 10.2. The van der Waals surface area contributed by atoms with Crippen molar-refractivity contribution >= 4 is 11.9 Å². The summed E-state index contributed by atoms with van der Waals surface area (Å²) in [4.78, 5) is 21.9. The number of carbonyl (C=O) groups excluding carboxylic acids is 1. The molecule has 0 spiro atoms. The van der Waals surface area contributed by atoms with Crippen LogP contribution in [0.15, 0.2) is 18.2 Å². The Bertz CT molecular complexity index is 511. The van der Waals surface area contributed by atoms with Crippen LogP contribution in [0.1, 0.15) is 22.7 Å². The minimum atomic E-state index is -5.12. The van der Waals surface area contributed by atoms with Crippen molar-refractivity contribution in [3.8, 4) is 0 Å². The van der Waals surface area contributed by atoms with Crippen LogP contribution in [-0.4, -0.2) is 23.2 Å². The normalized spacial score (nSPS) is 12.9. The van der Waals surface area contributed by atoms with E-state index in [-0.39, 0.29) is 5.56 Å². The summed E-state index contributed by atoms with van der Waals surface area (Å²) < 4.78 is 36.5. The lowest BCUT2D eigenvalue weighted by atomic mass is 9.97. The molecule has 1 unspecified atom stereocenters. The van der Waals surface area contributed by atoms with Gasteiger partial charge in [-0.25, -0.2) is 4.79 Å². The lowest BCUT2D eigenvalue weighted by Gasteiger charge is -2.18. The molecule has 1 rings (SSSR count). The largest absolute Gasteiger partial charge is 0.479 e. The Morgan fingerprint density at radius 1 is 1.26 bits per heavy atom. The SMILES string of the molecule is Cc1cccc(C(NC(=O)C(F)(F)F)C(=O)O)c1C. The van der Waals surface area contributed by atoms with Crippen molar-refractivity contribution in [1.82, 2.24) is 5.32 Å². The first-order chi connectivity index (χ1) is 8.64. The molecule has 1 aromatic carbocycles. The topological polar surface area (TPSA) is 66.4 Å². The number of rotatable bonds is 3. The molecule has 0 saturated heterocycles. The van der Waals surface area contributed by atoms with Gasteiger partial charge in [0.25, 0.3) is 0 Å². The van der Waals surface area contributed by atoms with E-state index in [2.05, 4.69) is 0 Å². The standard InChI is InChI=1S/C12H12F3NO3/c1-6-4-3-5-8(7(6)2)9(10(17)18)16-11(19)12(13,14)15/h3-5,9H,1-2H3,(H,16,19)(H,17,18). The second-order valence-electron chi connectivity index (χ2n) is 4.03. The van der Waals surface area contributed by atoms with E-state index in [4.69, 9.17) is 5.11 Å². The molecular weight excluding hydrogens is 263 g/mol. The zero-order valence-corrected chi connectivity index (χ0v) is 10.2. The summed E-state index contributed by atoms with van der Waals surface area (Å²) in [6.45, 7) is 3.28. The monoisotopic (exact) mass is 275 g/mol. The number of nitrogens with one attached hydrogen (secondary N) is 1. The van der Waals surface area contributed by atoms with E-state index >= 15 is 0 Å². The van der Waals surface area contributed by atoms with E-state index in [9.17, 15) is 22.8 Å². The third kappa shape index (κ3) is 3.46. The predicted octanol–water partition coefficient (Wildman–Crippen LogP) is 2.11. The molecule has 0 aliphatic heterocycles. The van der Waals surface area contributed by atoms with E-state index in [1.54, 1.807) is 19.9 Å². The number of carboxylic acids is 1. The van der Waals surface area contributed by atoms with Gasteiger partial charge in [-0.2, -0.15) is 13.2 Å². The molecule has 0 aliphatic rings. The van der Waals surface area contributed by atoms with Gasteiger partial charge in [-0.05, 0) is 30.5 Å². The van der Waals surface area contributed by atoms with Crippen LogP contribution in [0.4, 0.5) is 13.2 Å². The van der Waals surface area contributed by atoms with Crippen molar-refractivity contribution in [1.29, 1.82) is 0 Å². The molecule has 1 aromatic rings. The molecule has 4 nitrogen and oxygen atoms in total. The third-order valence-electron chi connectivity index (χ3n) is 2.74. The molecule has 0 bridgehead atoms. The Morgan fingerprint density at radius 3 is 2.32 bits per heavy atom. The van der Waals surface area contributed by atoms with Crippen molar-refractivity contribution < 1.29 is 27.9 Å². The summed E-state index contributed by atoms with van der Waals surface area (Å²) in [5.74, 6) is -3.83. The third-order valence-corrected chi connectivity index (χ3v) is 2.74. The van der Waals surface area contributed by atoms with Gasteiger partial charge in [0.1, 0.15) is 0 Å². The fraction of sp³-hybridized carbons (Fsp3) is 0.333. The van der Waals surface area contributed by atoms with Crippen LogP contribution in [0, 0.1) is 13.8 Å². The van der Waals surface area contributed by atoms with Crippen LogP contribution < -0.4 is 5.32 Å². The highest BCUT2D eigenvalue weighted by molar-refractivity contribution is 5.87. The minimum absolute atomic E-state index is 0.130. The molecule has 19 heavy (non-hydrogen) atoms. The van der Waals surface area contributed by atoms with Gasteiger partial charge in [0, 0.05) is 0 Å². The number of carboxylic acid groups (broad SMARTS) is 1. The average molecular weight is 275 g/mol. The first-order valence-electron chi connectivity index (χ1n) is 5.31. The highest BCUT2D eigenvalue weighted by Gasteiger charge is 2.41. The zero-order chi connectivity index (χ0) is 14.8. The van der Waals surface area contributed by atoms with Crippen molar-refractivity contribution in [3.05, 3.63) is 34.9 Å². The maximum atomic E-state index is 12.2. The molecule has 1 atom stereocenters. The molecule has 2 N–H and O–H groups in total. The summed E-state index contributed by atoms with van der Waals surface area (Å²) in [6, 6.07) is 2.86. The number of carbonyl (C=O) groups is 2. The van der Waals surface area contributed by atoms with Gasteiger partial charge >= 0.3 is 18.1 Å². The molecule has 0 heterocycles. The summed E-state index contributed by atoms with van der Waals surface area (Å²) in [5, 5.41) is 10.5. The van der Waals surface area contributed by atoms with Crippen molar-refractivity contribution in [2.24, 2.45) is 0 Å². The van der Waals surface area contributed by atoms with Gasteiger partial charge in [0.15, 0.2) is 6.04 Å². The second-order valence-corrected chi connectivity index (χ2v) is 4.03. The molecule has 0 saturated carbocycles. The van der Waals surface area contributed by atoms with Crippen LogP contribution in [0.25, 0.3) is 0 Å². The van der Waals surface area contributed by atoms with Gasteiger partial charge < -0.3 is 10.4 Å². The van der Waals surface area contributed by atoms with Crippen LogP contribution in [0.3, 0.4) is 0 Å². The number of alkyl halides is 3. The quantitative estimate of drug-likeness (QED) is 0.887. The summed E-state index contributed by atoms with van der Waals surface area (Å²) in [6.07, 6.45) is -5.12. The number of hydrogen-bond donors (Lipinski definition) is 2. The van der Waals surface area contributed by atoms with E-state index in [0.717, 1.165) is 5.56 Å². The van der Waals surface area contributed by atoms with E-state index < -0.39 is 24.1 Å². The molecule has 0 radical (unpaired) electrons. The van der Waals surface area contributed by atoms with Gasteiger partial charge in [-0.15, -0.1) is 0 Å². The molecule has 0 aliphatic carbocycles. The number of hydrogen-bond acceptors (Lipinski definition) is 2. The lowest BCUT2D eigenvalue weighted by Crippen LogP contribution is -2.42. The van der Waals surface area contributed by atoms with Gasteiger partial charge in [-0.3, -0.25) is 4.79 Å². The number of halogens is 3.